The van der Waals surface area contributed by atoms with Crippen LogP contribution in [0, 0.1) is 11.3 Å². The predicted octanol–water partition coefficient (Wildman–Crippen LogP) is 1.36. The van der Waals surface area contributed by atoms with Crippen LogP contribution in [0.25, 0.3) is 0 Å². The van der Waals surface area contributed by atoms with E-state index in [1.54, 1.807) is 0 Å². The van der Waals surface area contributed by atoms with Crippen LogP contribution in [-0.2, 0) is 0 Å². The van der Waals surface area contributed by atoms with E-state index in [0.717, 1.165) is 6.54 Å². The molecule has 2 atom stereocenters. The maximum absolute atomic E-state index is 5.76. The summed E-state index contributed by atoms with van der Waals surface area (Å²) < 4.78 is 0. The first-order chi connectivity index (χ1) is 5.53. The van der Waals surface area contributed by atoms with Crippen LogP contribution < -0.4 is 11.1 Å². The van der Waals surface area contributed by atoms with Crippen LogP contribution in [0.4, 0.5) is 0 Å². The van der Waals surface area contributed by atoms with E-state index in [9.17, 15) is 0 Å². The van der Waals surface area contributed by atoms with Crippen LogP contribution >= 0.6 is 0 Å². The summed E-state index contributed by atoms with van der Waals surface area (Å²) in [4.78, 5) is 0. The second-order valence-electron chi connectivity index (χ2n) is 4.78. The fourth-order valence-corrected chi connectivity index (χ4v) is 1.18. The largest absolute Gasteiger partial charge is 0.328 e. The molecule has 2 heteroatoms. The Morgan fingerprint density at radius 2 is 2.00 bits per heavy atom. The average Bonchev–Trinajstić information content (AvgIpc) is 2.68. The van der Waals surface area contributed by atoms with Gasteiger partial charge in [0.1, 0.15) is 0 Å². The molecule has 1 fully saturated rings. The van der Waals surface area contributed by atoms with Gasteiger partial charge in [-0.25, -0.2) is 0 Å². The first-order valence-electron chi connectivity index (χ1n) is 5.00. The van der Waals surface area contributed by atoms with Crippen LogP contribution in [0.2, 0.25) is 0 Å². The van der Waals surface area contributed by atoms with Crippen LogP contribution in [0.5, 0.6) is 0 Å². The van der Waals surface area contributed by atoms with Gasteiger partial charge in [0, 0.05) is 12.6 Å². The van der Waals surface area contributed by atoms with Crippen molar-refractivity contribution in [1.82, 2.24) is 5.32 Å². The fraction of sp³-hybridized carbons (Fsp3) is 1.00. The van der Waals surface area contributed by atoms with Crippen molar-refractivity contribution in [3.05, 3.63) is 0 Å². The average molecular weight is 170 g/mol. The Morgan fingerprint density at radius 1 is 1.42 bits per heavy atom. The van der Waals surface area contributed by atoms with Crippen molar-refractivity contribution in [3.8, 4) is 0 Å². The van der Waals surface area contributed by atoms with E-state index >= 15 is 0 Å². The van der Waals surface area contributed by atoms with Crippen molar-refractivity contribution in [3.63, 3.8) is 0 Å². The summed E-state index contributed by atoms with van der Waals surface area (Å²) in [6, 6.07) is 0.310. The van der Waals surface area contributed by atoms with Crippen LogP contribution in [0.15, 0.2) is 0 Å². The second-order valence-corrected chi connectivity index (χ2v) is 4.78. The molecule has 72 valence electrons. The zero-order valence-electron chi connectivity index (χ0n) is 8.56. The Morgan fingerprint density at radius 3 is 2.42 bits per heavy atom. The molecule has 2 unspecified atom stereocenters. The summed E-state index contributed by atoms with van der Waals surface area (Å²) in [5, 5.41) is 3.49. The Labute approximate surface area is 75.9 Å². The Balaban J connectivity index is 2.02. The molecule has 0 amide bonds. The molecule has 0 radical (unpaired) electrons. The lowest BCUT2D eigenvalue weighted by atomic mass is 10.0. The van der Waals surface area contributed by atoms with E-state index in [1.165, 1.54) is 19.4 Å². The highest BCUT2D eigenvalue weighted by Crippen LogP contribution is 2.43. The lowest BCUT2D eigenvalue weighted by molar-refractivity contribution is 0.412. The minimum absolute atomic E-state index is 0.310. The monoisotopic (exact) mass is 170 g/mol. The summed E-state index contributed by atoms with van der Waals surface area (Å²) in [5.41, 5.74) is 6.38. The highest BCUT2D eigenvalue weighted by atomic mass is 14.9. The Kier molecular flexibility index (Phi) is 3.13. The maximum Gasteiger partial charge on any atom is 0.00482 e. The topological polar surface area (TPSA) is 38.0 Å². The number of nitrogens with two attached hydrogens (primary N) is 1. The summed E-state index contributed by atoms with van der Waals surface area (Å²) in [6.45, 7) is 8.85. The Hall–Kier alpha value is -0.0800. The quantitative estimate of drug-likeness (QED) is 0.654. The zero-order chi connectivity index (χ0) is 9.19. The minimum Gasteiger partial charge on any atom is -0.328 e. The molecule has 0 bridgehead atoms. The second kappa shape index (κ2) is 3.75. The van der Waals surface area contributed by atoms with Crippen molar-refractivity contribution in [2.24, 2.45) is 17.1 Å². The van der Waals surface area contributed by atoms with Gasteiger partial charge in [0.2, 0.25) is 0 Å². The summed E-state index contributed by atoms with van der Waals surface area (Å²) in [5.74, 6) is 0.590. The molecule has 12 heavy (non-hydrogen) atoms. The molecule has 1 rings (SSSR count). The number of hydrogen-bond acceptors (Lipinski definition) is 2. The summed E-state index contributed by atoms with van der Waals surface area (Å²) in [6.07, 6.45) is 2.79. The minimum atomic E-state index is 0.310. The molecule has 1 saturated carbocycles. The van der Waals surface area contributed by atoms with Gasteiger partial charge in [-0.1, -0.05) is 13.8 Å². The molecule has 0 aromatic carbocycles. The third kappa shape index (κ3) is 3.11. The van der Waals surface area contributed by atoms with Crippen molar-refractivity contribution in [2.45, 2.75) is 39.7 Å². The van der Waals surface area contributed by atoms with Gasteiger partial charge >= 0.3 is 0 Å². The van der Waals surface area contributed by atoms with Crippen molar-refractivity contribution in [1.29, 1.82) is 0 Å². The SMILES string of the molecule is CC(N)C(C)CNCC1(C)CC1. The lowest BCUT2D eigenvalue weighted by Gasteiger charge is -2.17. The molecule has 3 N–H and O–H groups in total. The van der Waals surface area contributed by atoms with E-state index in [-0.39, 0.29) is 0 Å². The molecule has 0 spiro atoms. The molecular formula is C10H22N2. The van der Waals surface area contributed by atoms with Gasteiger partial charge in [-0.05, 0) is 37.6 Å². The summed E-state index contributed by atoms with van der Waals surface area (Å²) in [7, 11) is 0. The predicted molar refractivity (Wildman–Crippen MR) is 53.0 cm³/mol. The van der Waals surface area contributed by atoms with Crippen molar-refractivity contribution in [2.75, 3.05) is 13.1 Å². The molecule has 0 aliphatic heterocycles. The van der Waals surface area contributed by atoms with Gasteiger partial charge in [-0.2, -0.15) is 0 Å². The van der Waals surface area contributed by atoms with Crippen LogP contribution in [0.1, 0.15) is 33.6 Å². The normalized spacial score (nSPS) is 25.0. The number of nitrogens with one attached hydrogen (secondary N) is 1. The maximum atomic E-state index is 5.76. The fourth-order valence-electron chi connectivity index (χ4n) is 1.18. The Bertz CT molecular complexity index is 139. The van der Waals surface area contributed by atoms with Crippen LogP contribution in [0.3, 0.4) is 0 Å². The molecule has 1 aliphatic carbocycles. The van der Waals surface area contributed by atoms with Gasteiger partial charge in [-0.3, -0.25) is 0 Å². The molecule has 0 heterocycles. The van der Waals surface area contributed by atoms with E-state index in [2.05, 4.69) is 26.1 Å². The van der Waals surface area contributed by atoms with Gasteiger partial charge < -0.3 is 11.1 Å². The molecular weight excluding hydrogens is 148 g/mol. The first-order valence-corrected chi connectivity index (χ1v) is 5.00. The first kappa shape index (κ1) is 10.0. The molecule has 0 aromatic heterocycles. The summed E-state index contributed by atoms with van der Waals surface area (Å²) >= 11 is 0. The smallest absolute Gasteiger partial charge is 0.00482 e. The number of rotatable bonds is 5. The standard InChI is InChI=1S/C10H22N2/c1-8(9(2)11)6-12-7-10(3)4-5-10/h8-9,12H,4-7,11H2,1-3H3. The van der Waals surface area contributed by atoms with E-state index in [4.69, 9.17) is 5.73 Å². The van der Waals surface area contributed by atoms with Gasteiger partial charge in [0.15, 0.2) is 0 Å². The van der Waals surface area contributed by atoms with Gasteiger partial charge in [0.05, 0.1) is 0 Å². The number of hydrogen-bond donors (Lipinski definition) is 2. The zero-order valence-corrected chi connectivity index (χ0v) is 8.56. The molecule has 2 nitrogen and oxygen atoms in total. The highest BCUT2D eigenvalue weighted by molar-refractivity contribution is 4.90. The van der Waals surface area contributed by atoms with Crippen LogP contribution in [-0.4, -0.2) is 19.1 Å². The third-order valence-electron chi connectivity index (χ3n) is 3.02. The molecule has 1 aliphatic rings. The van der Waals surface area contributed by atoms with Crippen molar-refractivity contribution < 1.29 is 0 Å². The van der Waals surface area contributed by atoms with Gasteiger partial charge in [-0.15, -0.1) is 0 Å². The van der Waals surface area contributed by atoms with Gasteiger partial charge in [0.25, 0.3) is 0 Å². The lowest BCUT2D eigenvalue weighted by Crippen LogP contribution is -2.35. The molecule has 0 aromatic rings. The highest BCUT2D eigenvalue weighted by Gasteiger charge is 2.36. The molecule has 0 saturated heterocycles. The van der Waals surface area contributed by atoms with Crippen molar-refractivity contribution >= 4 is 0 Å². The third-order valence-corrected chi connectivity index (χ3v) is 3.02. The van der Waals surface area contributed by atoms with E-state index in [0.29, 0.717) is 17.4 Å². The van der Waals surface area contributed by atoms with E-state index in [1.807, 2.05) is 0 Å². The van der Waals surface area contributed by atoms with E-state index < -0.39 is 0 Å².